The maximum absolute atomic E-state index is 10.5. The van der Waals surface area contributed by atoms with Crippen molar-refractivity contribution < 1.29 is 9.94 Å². The van der Waals surface area contributed by atoms with E-state index in [2.05, 4.69) is 46.7 Å². The molecular weight excluding hydrogens is 286 g/mol. The van der Waals surface area contributed by atoms with Gasteiger partial charge in [-0.25, -0.2) is 0 Å². The van der Waals surface area contributed by atoms with Crippen molar-refractivity contribution in [3.05, 3.63) is 0 Å². The molecule has 3 rings (SSSR count). The first-order valence-corrected chi connectivity index (χ1v) is 9.77. The summed E-state index contributed by atoms with van der Waals surface area (Å²) in [6, 6.07) is 0.510. The molecule has 1 unspecified atom stereocenters. The molecule has 3 fully saturated rings. The van der Waals surface area contributed by atoms with Crippen LogP contribution in [-0.2, 0) is 4.84 Å². The number of nitrogens with zero attached hydrogens (tertiary/aromatic N) is 1. The minimum Gasteiger partial charge on any atom is -0.393 e. The van der Waals surface area contributed by atoms with Gasteiger partial charge in [-0.2, -0.15) is 5.06 Å². The van der Waals surface area contributed by atoms with Gasteiger partial charge in [-0.15, -0.1) is 0 Å². The van der Waals surface area contributed by atoms with Gasteiger partial charge in [0, 0.05) is 19.0 Å². The lowest BCUT2D eigenvalue weighted by atomic mass is 9.61. The molecule has 2 aliphatic carbocycles. The van der Waals surface area contributed by atoms with Crippen LogP contribution < -0.4 is 0 Å². The number of rotatable bonds is 3. The zero-order valence-corrected chi connectivity index (χ0v) is 16.0. The van der Waals surface area contributed by atoms with E-state index in [-0.39, 0.29) is 11.7 Å². The maximum Gasteiger partial charge on any atom is 0.0884 e. The Kier molecular flexibility index (Phi) is 4.61. The minimum atomic E-state index is -0.0544. The van der Waals surface area contributed by atoms with Crippen molar-refractivity contribution in [3.8, 4) is 0 Å². The summed E-state index contributed by atoms with van der Waals surface area (Å²) in [6.45, 7) is 11.7. The van der Waals surface area contributed by atoms with Gasteiger partial charge in [0.25, 0.3) is 0 Å². The van der Waals surface area contributed by atoms with Gasteiger partial charge in [-0.1, -0.05) is 27.2 Å². The Hall–Kier alpha value is -0.120. The first-order chi connectivity index (χ1) is 10.7. The monoisotopic (exact) mass is 323 g/mol. The van der Waals surface area contributed by atoms with Crippen LogP contribution in [0.15, 0.2) is 0 Å². The Labute approximate surface area is 142 Å². The third-order valence-electron chi connectivity index (χ3n) is 7.98. The first-order valence-electron chi connectivity index (χ1n) is 9.77. The van der Waals surface area contributed by atoms with Crippen LogP contribution in [0, 0.1) is 29.1 Å². The molecule has 1 heterocycles. The summed E-state index contributed by atoms with van der Waals surface area (Å²) in [5, 5.41) is 12.6. The third kappa shape index (κ3) is 2.87. The average Bonchev–Trinajstić information content (AvgIpc) is 2.89. The highest BCUT2D eigenvalue weighted by molar-refractivity contribution is 5.02. The number of fused-ring (bicyclic) bond motifs is 1. The summed E-state index contributed by atoms with van der Waals surface area (Å²) in [5.41, 5.74) is 0.302. The van der Waals surface area contributed by atoms with E-state index in [0.29, 0.717) is 29.2 Å². The normalized spacial score (nSPS) is 48.4. The van der Waals surface area contributed by atoms with Crippen LogP contribution in [0.25, 0.3) is 0 Å². The van der Waals surface area contributed by atoms with Crippen molar-refractivity contribution in [1.29, 1.82) is 0 Å². The molecule has 0 spiro atoms. The molecule has 23 heavy (non-hydrogen) atoms. The molecule has 134 valence electrons. The van der Waals surface area contributed by atoms with Crippen molar-refractivity contribution in [1.82, 2.24) is 5.06 Å². The smallest absolute Gasteiger partial charge is 0.0884 e. The summed E-state index contributed by atoms with van der Waals surface area (Å²) < 4.78 is 0. The molecule has 3 nitrogen and oxygen atoms in total. The molecule has 1 N–H and O–H groups in total. The number of aliphatic hydroxyl groups excluding tert-OH is 1. The van der Waals surface area contributed by atoms with Gasteiger partial charge in [0.1, 0.15) is 0 Å². The van der Waals surface area contributed by atoms with Crippen molar-refractivity contribution in [2.75, 3.05) is 7.05 Å². The van der Waals surface area contributed by atoms with Gasteiger partial charge in [-0.05, 0) is 69.1 Å². The largest absolute Gasteiger partial charge is 0.393 e. The van der Waals surface area contributed by atoms with Crippen LogP contribution in [0.2, 0.25) is 0 Å². The fraction of sp³-hybridized carbons (Fsp3) is 1.00. The zero-order chi connectivity index (χ0) is 17.0. The molecular formula is C20H37NO2. The van der Waals surface area contributed by atoms with Gasteiger partial charge < -0.3 is 5.11 Å². The summed E-state index contributed by atoms with van der Waals surface area (Å²) in [7, 11) is 2.10. The lowest BCUT2D eigenvalue weighted by molar-refractivity contribution is -0.180. The van der Waals surface area contributed by atoms with Crippen LogP contribution in [0.5, 0.6) is 0 Å². The lowest BCUT2D eigenvalue weighted by Gasteiger charge is -2.45. The molecule has 3 aliphatic rings. The fourth-order valence-electron chi connectivity index (χ4n) is 6.32. The molecule has 0 radical (unpaired) electrons. The zero-order valence-electron chi connectivity index (χ0n) is 16.0. The van der Waals surface area contributed by atoms with Crippen LogP contribution in [0.4, 0.5) is 0 Å². The second-order valence-corrected chi connectivity index (χ2v) is 9.57. The summed E-state index contributed by atoms with van der Waals surface area (Å²) in [4.78, 5) is 6.08. The van der Waals surface area contributed by atoms with E-state index in [1.807, 2.05) is 0 Å². The Morgan fingerprint density at radius 1 is 1.22 bits per heavy atom. The van der Waals surface area contributed by atoms with Crippen LogP contribution >= 0.6 is 0 Å². The van der Waals surface area contributed by atoms with Crippen molar-refractivity contribution in [2.45, 2.75) is 90.9 Å². The molecule has 0 aromatic rings. The fourth-order valence-corrected chi connectivity index (χ4v) is 6.32. The third-order valence-corrected chi connectivity index (χ3v) is 7.98. The van der Waals surface area contributed by atoms with Crippen LogP contribution in [-0.4, -0.2) is 35.0 Å². The van der Waals surface area contributed by atoms with Crippen LogP contribution in [0.1, 0.15) is 73.1 Å². The molecule has 1 aliphatic heterocycles. The van der Waals surface area contributed by atoms with Gasteiger partial charge >= 0.3 is 0 Å². The van der Waals surface area contributed by atoms with Gasteiger partial charge in [-0.3, -0.25) is 4.84 Å². The average molecular weight is 324 g/mol. The number of hydrogen-bond donors (Lipinski definition) is 1. The van der Waals surface area contributed by atoms with Gasteiger partial charge in [0.2, 0.25) is 0 Å². The highest BCUT2D eigenvalue weighted by Gasteiger charge is 2.53. The number of hydroxylamine groups is 2. The lowest BCUT2D eigenvalue weighted by Crippen LogP contribution is -2.42. The van der Waals surface area contributed by atoms with E-state index in [1.165, 1.54) is 32.1 Å². The second kappa shape index (κ2) is 6.00. The number of aliphatic hydroxyl groups is 1. The van der Waals surface area contributed by atoms with Gasteiger partial charge in [0.15, 0.2) is 0 Å². The van der Waals surface area contributed by atoms with E-state index < -0.39 is 0 Å². The summed E-state index contributed by atoms with van der Waals surface area (Å²) in [5.74, 6) is 2.54. The molecule has 2 saturated carbocycles. The van der Waals surface area contributed by atoms with Crippen molar-refractivity contribution in [2.24, 2.45) is 29.1 Å². The second-order valence-electron chi connectivity index (χ2n) is 9.57. The summed E-state index contributed by atoms with van der Waals surface area (Å²) in [6.07, 6.45) is 7.21. The molecule has 0 amide bonds. The van der Waals surface area contributed by atoms with E-state index in [4.69, 9.17) is 4.84 Å². The summed E-state index contributed by atoms with van der Waals surface area (Å²) >= 11 is 0. The first kappa shape index (κ1) is 17.7. The maximum atomic E-state index is 10.5. The number of hydrogen-bond acceptors (Lipinski definition) is 3. The van der Waals surface area contributed by atoms with E-state index in [1.54, 1.807) is 0 Å². The molecule has 1 saturated heterocycles. The molecule has 0 bridgehead atoms. The standard InChI is InChI=1S/C20H37NO2/c1-13(12-17-14(2)19(3,4)23-21(17)6)15-9-10-16-18(22)8-7-11-20(15,16)5/h13-18,22H,7-12H2,1-6H3/t13-,14+,15-,16?,17+,18+,20-/m1/s1. The van der Waals surface area contributed by atoms with E-state index >= 15 is 0 Å². The predicted molar refractivity (Wildman–Crippen MR) is 93.8 cm³/mol. The van der Waals surface area contributed by atoms with Gasteiger partial charge in [0.05, 0.1) is 11.7 Å². The Balaban J connectivity index is 1.70. The quantitative estimate of drug-likeness (QED) is 0.843. The van der Waals surface area contributed by atoms with Crippen LogP contribution in [0.3, 0.4) is 0 Å². The van der Waals surface area contributed by atoms with Crippen molar-refractivity contribution >= 4 is 0 Å². The Bertz CT molecular complexity index is 437. The highest BCUT2D eigenvalue weighted by atomic mass is 16.7. The Morgan fingerprint density at radius 3 is 2.52 bits per heavy atom. The SMILES string of the molecule is C[C@H](C[C@H]1[C@H](C)C(C)(C)ON1C)[C@H]1CCC2[C@@H](O)CCC[C@@]21C. The van der Waals surface area contributed by atoms with Crippen molar-refractivity contribution in [3.63, 3.8) is 0 Å². The predicted octanol–water partition coefficient (Wildman–Crippen LogP) is 4.25. The van der Waals surface area contributed by atoms with E-state index in [9.17, 15) is 5.11 Å². The molecule has 7 atom stereocenters. The molecule has 3 heteroatoms. The molecule has 0 aromatic heterocycles. The molecule has 0 aromatic carbocycles. The Morgan fingerprint density at radius 2 is 1.91 bits per heavy atom. The van der Waals surface area contributed by atoms with E-state index in [0.717, 1.165) is 12.3 Å². The topological polar surface area (TPSA) is 32.7 Å². The minimum absolute atomic E-state index is 0.0533. The highest BCUT2D eigenvalue weighted by Crippen LogP contribution is 2.58.